The molecular weight excluding hydrogens is 374 g/mol. The SMILES string of the molecule is CCn1c2ccccc2c2cc(/C=N/NC(=O)COc3cccc(C)c3C)ccc21. The Morgan fingerprint density at radius 3 is 2.67 bits per heavy atom. The number of carbonyl (C=O) groups excluding carboxylic acids is 1. The summed E-state index contributed by atoms with van der Waals surface area (Å²) in [6.45, 7) is 6.98. The van der Waals surface area contributed by atoms with Crippen molar-refractivity contribution in [1.29, 1.82) is 0 Å². The van der Waals surface area contributed by atoms with Crippen molar-refractivity contribution in [3.63, 3.8) is 0 Å². The maximum absolute atomic E-state index is 12.1. The van der Waals surface area contributed by atoms with Gasteiger partial charge in [-0.15, -0.1) is 0 Å². The van der Waals surface area contributed by atoms with Crippen LogP contribution >= 0.6 is 0 Å². The molecule has 30 heavy (non-hydrogen) atoms. The molecule has 1 amide bonds. The molecule has 1 aromatic heterocycles. The average Bonchev–Trinajstić information content (AvgIpc) is 3.08. The molecule has 0 fully saturated rings. The Morgan fingerprint density at radius 1 is 1.03 bits per heavy atom. The number of hydrogen-bond acceptors (Lipinski definition) is 3. The van der Waals surface area contributed by atoms with Crippen LogP contribution in [-0.2, 0) is 11.3 Å². The Labute approximate surface area is 176 Å². The van der Waals surface area contributed by atoms with Crippen LogP contribution in [0.2, 0.25) is 0 Å². The lowest BCUT2D eigenvalue weighted by molar-refractivity contribution is -0.123. The van der Waals surface area contributed by atoms with E-state index in [4.69, 9.17) is 4.74 Å². The van der Waals surface area contributed by atoms with Crippen LogP contribution in [0.3, 0.4) is 0 Å². The summed E-state index contributed by atoms with van der Waals surface area (Å²) in [4.78, 5) is 12.1. The van der Waals surface area contributed by atoms with Gasteiger partial charge < -0.3 is 9.30 Å². The molecule has 0 spiro atoms. The van der Waals surface area contributed by atoms with E-state index in [2.05, 4.69) is 58.4 Å². The molecule has 1 N–H and O–H groups in total. The molecule has 5 nitrogen and oxygen atoms in total. The molecule has 0 saturated heterocycles. The molecule has 0 aliphatic heterocycles. The number of aromatic nitrogens is 1. The standard InChI is InChI=1S/C25H25N3O2/c1-4-28-22-10-6-5-9-20(22)21-14-19(12-13-23(21)28)15-26-27-25(29)16-30-24-11-7-8-17(2)18(24)3/h5-15H,4,16H2,1-3H3,(H,27,29)/b26-15+. The maximum atomic E-state index is 12.1. The minimum absolute atomic E-state index is 0.0787. The second-order valence-electron chi connectivity index (χ2n) is 7.32. The topological polar surface area (TPSA) is 55.6 Å². The molecule has 1 heterocycles. The highest BCUT2D eigenvalue weighted by atomic mass is 16.5. The van der Waals surface area contributed by atoms with E-state index < -0.39 is 0 Å². The van der Waals surface area contributed by atoms with Gasteiger partial charge in [-0.3, -0.25) is 4.79 Å². The summed E-state index contributed by atoms with van der Waals surface area (Å²) in [7, 11) is 0. The first-order valence-electron chi connectivity index (χ1n) is 10.1. The molecule has 0 radical (unpaired) electrons. The Morgan fingerprint density at radius 2 is 1.83 bits per heavy atom. The van der Waals surface area contributed by atoms with Gasteiger partial charge in [-0.2, -0.15) is 5.10 Å². The van der Waals surface area contributed by atoms with E-state index in [0.717, 1.165) is 23.2 Å². The normalized spacial score (nSPS) is 11.4. The average molecular weight is 399 g/mol. The lowest BCUT2D eigenvalue weighted by Gasteiger charge is -2.09. The maximum Gasteiger partial charge on any atom is 0.277 e. The van der Waals surface area contributed by atoms with Crippen LogP contribution in [0.15, 0.2) is 65.8 Å². The van der Waals surface area contributed by atoms with Gasteiger partial charge in [0.05, 0.1) is 6.21 Å². The summed E-state index contributed by atoms with van der Waals surface area (Å²) in [5.74, 6) is 0.419. The molecule has 0 saturated carbocycles. The molecule has 152 valence electrons. The smallest absolute Gasteiger partial charge is 0.277 e. The molecule has 0 aliphatic rings. The molecule has 0 unspecified atom stereocenters. The van der Waals surface area contributed by atoms with Crippen molar-refractivity contribution in [3.8, 4) is 5.75 Å². The van der Waals surface area contributed by atoms with Crippen LogP contribution in [0, 0.1) is 13.8 Å². The van der Waals surface area contributed by atoms with E-state index >= 15 is 0 Å². The molecule has 0 aliphatic carbocycles. The van der Waals surface area contributed by atoms with E-state index in [1.807, 2.05) is 38.1 Å². The predicted molar refractivity (Wildman–Crippen MR) is 122 cm³/mol. The fourth-order valence-electron chi connectivity index (χ4n) is 3.73. The summed E-state index contributed by atoms with van der Waals surface area (Å²) < 4.78 is 7.92. The van der Waals surface area contributed by atoms with Crippen molar-refractivity contribution in [2.45, 2.75) is 27.3 Å². The number of nitrogens with zero attached hydrogens (tertiary/aromatic N) is 2. The number of amides is 1. The zero-order valence-electron chi connectivity index (χ0n) is 17.5. The van der Waals surface area contributed by atoms with Gasteiger partial charge >= 0.3 is 0 Å². The van der Waals surface area contributed by atoms with Gasteiger partial charge in [-0.25, -0.2) is 5.43 Å². The number of aryl methyl sites for hydroxylation is 2. The number of ether oxygens (including phenoxy) is 1. The molecule has 0 atom stereocenters. The van der Waals surface area contributed by atoms with Crippen LogP contribution < -0.4 is 10.2 Å². The van der Waals surface area contributed by atoms with Gasteiger partial charge in [0.25, 0.3) is 5.91 Å². The second-order valence-corrected chi connectivity index (χ2v) is 7.32. The Bertz CT molecular complexity index is 1250. The number of rotatable bonds is 6. The minimum atomic E-state index is -0.296. The third-order valence-corrected chi connectivity index (χ3v) is 5.43. The van der Waals surface area contributed by atoms with E-state index in [1.54, 1.807) is 6.21 Å². The molecule has 4 aromatic rings. The molecule has 0 bridgehead atoms. The molecular formula is C25H25N3O2. The van der Waals surface area contributed by atoms with E-state index in [9.17, 15) is 4.79 Å². The lowest BCUT2D eigenvalue weighted by Crippen LogP contribution is -2.24. The van der Waals surface area contributed by atoms with Crippen molar-refractivity contribution in [3.05, 3.63) is 77.4 Å². The van der Waals surface area contributed by atoms with Gasteiger partial charge in [0.15, 0.2) is 6.61 Å². The third-order valence-electron chi connectivity index (χ3n) is 5.43. The highest BCUT2D eigenvalue weighted by Crippen LogP contribution is 2.29. The van der Waals surface area contributed by atoms with Crippen LogP contribution in [-0.4, -0.2) is 23.3 Å². The van der Waals surface area contributed by atoms with Crippen molar-refractivity contribution in [2.24, 2.45) is 5.10 Å². The van der Waals surface area contributed by atoms with Crippen molar-refractivity contribution < 1.29 is 9.53 Å². The minimum Gasteiger partial charge on any atom is -0.483 e. The monoisotopic (exact) mass is 399 g/mol. The summed E-state index contributed by atoms with van der Waals surface area (Å²) in [5.41, 5.74) is 8.05. The van der Waals surface area contributed by atoms with Gasteiger partial charge in [-0.05, 0) is 61.7 Å². The highest BCUT2D eigenvalue weighted by Gasteiger charge is 2.09. The fraction of sp³-hybridized carbons (Fsp3) is 0.200. The fourth-order valence-corrected chi connectivity index (χ4v) is 3.73. The van der Waals surface area contributed by atoms with Gasteiger partial charge in [-0.1, -0.05) is 36.4 Å². The third kappa shape index (κ3) is 3.79. The lowest BCUT2D eigenvalue weighted by atomic mass is 10.1. The Kier molecular flexibility index (Phi) is 5.53. The van der Waals surface area contributed by atoms with Crippen LogP contribution in [0.4, 0.5) is 0 Å². The summed E-state index contributed by atoms with van der Waals surface area (Å²) in [6, 6.07) is 20.4. The quantitative estimate of drug-likeness (QED) is 0.368. The molecule has 3 aromatic carbocycles. The Hall–Kier alpha value is -3.60. The summed E-state index contributed by atoms with van der Waals surface area (Å²) in [5, 5.41) is 6.50. The first-order valence-corrected chi connectivity index (χ1v) is 10.1. The number of fused-ring (bicyclic) bond motifs is 3. The van der Waals surface area contributed by atoms with Gasteiger partial charge in [0.1, 0.15) is 5.75 Å². The number of hydrogen-bond donors (Lipinski definition) is 1. The number of para-hydroxylation sites is 1. The highest BCUT2D eigenvalue weighted by molar-refractivity contribution is 6.09. The van der Waals surface area contributed by atoms with Gasteiger partial charge in [0, 0.05) is 28.4 Å². The first-order chi connectivity index (χ1) is 14.6. The second kappa shape index (κ2) is 8.41. The number of carbonyl (C=O) groups is 1. The van der Waals surface area contributed by atoms with E-state index in [0.29, 0.717) is 5.75 Å². The van der Waals surface area contributed by atoms with Crippen LogP contribution in [0.5, 0.6) is 5.75 Å². The number of hydrazone groups is 1. The van der Waals surface area contributed by atoms with E-state index in [1.165, 1.54) is 21.8 Å². The summed E-state index contributed by atoms with van der Waals surface area (Å²) in [6.07, 6.45) is 1.66. The zero-order chi connectivity index (χ0) is 21.1. The zero-order valence-corrected chi connectivity index (χ0v) is 17.5. The largest absolute Gasteiger partial charge is 0.483 e. The van der Waals surface area contributed by atoms with Crippen LogP contribution in [0.1, 0.15) is 23.6 Å². The number of nitrogens with one attached hydrogen (secondary N) is 1. The van der Waals surface area contributed by atoms with Crippen molar-refractivity contribution in [2.75, 3.05) is 6.61 Å². The van der Waals surface area contributed by atoms with Gasteiger partial charge in [0.2, 0.25) is 0 Å². The van der Waals surface area contributed by atoms with Crippen molar-refractivity contribution >= 4 is 33.9 Å². The first kappa shape index (κ1) is 19.7. The molecule has 4 rings (SSSR count). The van der Waals surface area contributed by atoms with E-state index in [-0.39, 0.29) is 12.5 Å². The van der Waals surface area contributed by atoms with Crippen LogP contribution in [0.25, 0.3) is 21.8 Å². The Balaban J connectivity index is 1.45. The summed E-state index contributed by atoms with van der Waals surface area (Å²) >= 11 is 0. The number of benzene rings is 3. The van der Waals surface area contributed by atoms with Crippen molar-refractivity contribution in [1.82, 2.24) is 9.99 Å². The predicted octanol–water partition coefficient (Wildman–Crippen LogP) is 4.96. The molecule has 5 heteroatoms.